The molecule has 0 spiro atoms. The summed E-state index contributed by atoms with van der Waals surface area (Å²) in [6.07, 6.45) is 1.42. The number of aliphatic carboxylic acids is 1. The SMILES string of the molecule is Cl.O=C(O)C1CNCCN1c1ncccc1[N+](=O)[O-]. The van der Waals surface area contributed by atoms with Crippen molar-refractivity contribution in [3.05, 3.63) is 28.4 Å². The number of aromatic nitrogens is 1. The highest BCUT2D eigenvalue weighted by atomic mass is 35.5. The number of hydrogen-bond acceptors (Lipinski definition) is 6. The number of pyridine rings is 1. The Hall–Kier alpha value is -1.93. The number of carbonyl (C=O) groups is 1. The summed E-state index contributed by atoms with van der Waals surface area (Å²) in [5, 5.41) is 23.0. The lowest BCUT2D eigenvalue weighted by atomic mass is 10.2. The largest absolute Gasteiger partial charge is 0.480 e. The Morgan fingerprint density at radius 1 is 1.63 bits per heavy atom. The molecule has 1 aromatic heterocycles. The van der Waals surface area contributed by atoms with Crippen molar-refractivity contribution in [1.82, 2.24) is 10.3 Å². The average molecular weight is 289 g/mol. The van der Waals surface area contributed by atoms with E-state index in [0.29, 0.717) is 13.1 Å². The van der Waals surface area contributed by atoms with E-state index in [9.17, 15) is 14.9 Å². The summed E-state index contributed by atoms with van der Waals surface area (Å²) in [5.41, 5.74) is -0.175. The molecule has 1 aromatic rings. The number of halogens is 1. The highest BCUT2D eigenvalue weighted by molar-refractivity contribution is 5.85. The molecule has 0 aliphatic carbocycles. The number of nitro groups is 1. The second-order valence-electron chi connectivity index (χ2n) is 3.85. The van der Waals surface area contributed by atoms with Gasteiger partial charge < -0.3 is 15.3 Å². The van der Waals surface area contributed by atoms with Crippen LogP contribution in [0.15, 0.2) is 18.3 Å². The molecule has 1 unspecified atom stereocenters. The van der Waals surface area contributed by atoms with Crippen molar-refractivity contribution < 1.29 is 14.8 Å². The first-order chi connectivity index (χ1) is 8.61. The van der Waals surface area contributed by atoms with Gasteiger partial charge in [0.25, 0.3) is 0 Å². The maximum absolute atomic E-state index is 11.1. The number of rotatable bonds is 3. The topological polar surface area (TPSA) is 109 Å². The molecule has 1 aliphatic rings. The lowest BCUT2D eigenvalue weighted by Crippen LogP contribution is -2.55. The Balaban J connectivity index is 0.00000180. The Kier molecular flexibility index (Phi) is 5.02. The first kappa shape index (κ1) is 15.1. The van der Waals surface area contributed by atoms with Crippen LogP contribution in [0.25, 0.3) is 0 Å². The second kappa shape index (κ2) is 6.30. The molecule has 1 fully saturated rings. The van der Waals surface area contributed by atoms with E-state index in [2.05, 4.69) is 10.3 Å². The van der Waals surface area contributed by atoms with E-state index in [4.69, 9.17) is 5.11 Å². The molecule has 0 saturated carbocycles. The molecular formula is C10H13ClN4O4. The first-order valence-corrected chi connectivity index (χ1v) is 5.41. The molecule has 0 bridgehead atoms. The van der Waals surface area contributed by atoms with Gasteiger partial charge in [0.05, 0.1) is 4.92 Å². The predicted octanol–water partition coefficient (Wildman–Crippen LogP) is 0.274. The summed E-state index contributed by atoms with van der Waals surface area (Å²) in [6.45, 7) is 1.18. The predicted molar refractivity (Wildman–Crippen MR) is 69.8 cm³/mol. The average Bonchev–Trinajstić information content (AvgIpc) is 2.38. The van der Waals surface area contributed by atoms with Gasteiger partial charge >= 0.3 is 11.7 Å². The third-order valence-corrected chi connectivity index (χ3v) is 2.76. The molecule has 2 rings (SSSR count). The van der Waals surface area contributed by atoms with E-state index >= 15 is 0 Å². The van der Waals surface area contributed by atoms with Gasteiger partial charge in [-0.05, 0) is 6.07 Å². The number of carboxylic acids is 1. The summed E-state index contributed by atoms with van der Waals surface area (Å²) < 4.78 is 0. The van der Waals surface area contributed by atoms with Crippen LogP contribution < -0.4 is 10.2 Å². The minimum absolute atomic E-state index is 0. The zero-order valence-electron chi connectivity index (χ0n) is 9.85. The van der Waals surface area contributed by atoms with Crippen LogP contribution in [-0.2, 0) is 4.79 Å². The van der Waals surface area contributed by atoms with Gasteiger partial charge in [0.1, 0.15) is 6.04 Å². The molecule has 0 aromatic carbocycles. The molecule has 104 valence electrons. The molecule has 2 heterocycles. The van der Waals surface area contributed by atoms with Crippen LogP contribution in [0.4, 0.5) is 11.5 Å². The molecule has 2 N–H and O–H groups in total. The smallest absolute Gasteiger partial charge is 0.327 e. The maximum Gasteiger partial charge on any atom is 0.327 e. The van der Waals surface area contributed by atoms with Gasteiger partial charge in [-0.2, -0.15) is 0 Å². The van der Waals surface area contributed by atoms with E-state index in [1.165, 1.54) is 23.2 Å². The molecular weight excluding hydrogens is 276 g/mol. The van der Waals surface area contributed by atoms with Crippen LogP contribution in [-0.4, -0.2) is 46.7 Å². The van der Waals surface area contributed by atoms with E-state index in [0.717, 1.165) is 0 Å². The number of carboxylic acid groups (broad SMARTS) is 1. The van der Waals surface area contributed by atoms with E-state index in [1.807, 2.05) is 0 Å². The standard InChI is InChI=1S/C10H12N4O4.ClH/c15-10(16)8-6-11-4-5-13(8)9-7(14(17)18)2-1-3-12-9;/h1-3,8,11H,4-6H2,(H,15,16);1H. The summed E-state index contributed by atoms with van der Waals surface area (Å²) in [4.78, 5) is 26.9. The van der Waals surface area contributed by atoms with Crippen LogP contribution in [0.3, 0.4) is 0 Å². The van der Waals surface area contributed by atoms with Crippen molar-refractivity contribution in [1.29, 1.82) is 0 Å². The van der Waals surface area contributed by atoms with Gasteiger partial charge in [-0.3, -0.25) is 10.1 Å². The first-order valence-electron chi connectivity index (χ1n) is 5.41. The van der Waals surface area contributed by atoms with Crippen LogP contribution >= 0.6 is 12.4 Å². The maximum atomic E-state index is 11.1. The number of anilines is 1. The van der Waals surface area contributed by atoms with Gasteiger partial charge in [0, 0.05) is 31.9 Å². The molecule has 1 atom stereocenters. The van der Waals surface area contributed by atoms with Crippen molar-refractivity contribution in [3.8, 4) is 0 Å². The fourth-order valence-corrected chi connectivity index (χ4v) is 1.93. The van der Waals surface area contributed by atoms with Crippen LogP contribution in [0.5, 0.6) is 0 Å². The van der Waals surface area contributed by atoms with Crippen LogP contribution in [0, 0.1) is 10.1 Å². The van der Waals surface area contributed by atoms with Crippen molar-refractivity contribution in [2.24, 2.45) is 0 Å². The second-order valence-corrected chi connectivity index (χ2v) is 3.85. The molecule has 1 aliphatic heterocycles. The van der Waals surface area contributed by atoms with Gasteiger partial charge in [0.15, 0.2) is 0 Å². The van der Waals surface area contributed by atoms with E-state index in [-0.39, 0.29) is 30.5 Å². The quantitative estimate of drug-likeness (QED) is 0.607. The zero-order valence-corrected chi connectivity index (χ0v) is 10.7. The Bertz CT molecular complexity index is 484. The minimum atomic E-state index is -1.03. The summed E-state index contributed by atoms with van der Waals surface area (Å²) in [7, 11) is 0. The summed E-state index contributed by atoms with van der Waals surface area (Å²) >= 11 is 0. The van der Waals surface area contributed by atoms with Crippen LogP contribution in [0.2, 0.25) is 0 Å². The lowest BCUT2D eigenvalue weighted by Gasteiger charge is -2.33. The van der Waals surface area contributed by atoms with Crippen molar-refractivity contribution in [2.75, 3.05) is 24.5 Å². The highest BCUT2D eigenvalue weighted by Gasteiger charge is 2.33. The van der Waals surface area contributed by atoms with Gasteiger partial charge in [-0.1, -0.05) is 0 Å². The molecule has 8 nitrogen and oxygen atoms in total. The molecule has 19 heavy (non-hydrogen) atoms. The van der Waals surface area contributed by atoms with Crippen molar-refractivity contribution >= 4 is 29.9 Å². The lowest BCUT2D eigenvalue weighted by molar-refractivity contribution is -0.384. The van der Waals surface area contributed by atoms with Gasteiger partial charge in [-0.25, -0.2) is 9.78 Å². The Morgan fingerprint density at radius 3 is 3.00 bits per heavy atom. The zero-order chi connectivity index (χ0) is 13.1. The van der Waals surface area contributed by atoms with Crippen molar-refractivity contribution in [3.63, 3.8) is 0 Å². The Morgan fingerprint density at radius 2 is 2.37 bits per heavy atom. The monoisotopic (exact) mass is 288 g/mol. The van der Waals surface area contributed by atoms with E-state index < -0.39 is 16.9 Å². The van der Waals surface area contributed by atoms with E-state index in [1.54, 1.807) is 0 Å². The number of nitrogens with zero attached hydrogens (tertiary/aromatic N) is 3. The fourth-order valence-electron chi connectivity index (χ4n) is 1.93. The molecule has 0 amide bonds. The Labute approximate surface area is 115 Å². The molecule has 0 radical (unpaired) electrons. The molecule has 1 saturated heterocycles. The van der Waals surface area contributed by atoms with Gasteiger partial charge in [-0.15, -0.1) is 12.4 Å². The van der Waals surface area contributed by atoms with Crippen LogP contribution in [0.1, 0.15) is 0 Å². The number of nitrogens with one attached hydrogen (secondary N) is 1. The summed E-state index contributed by atoms with van der Waals surface area (Å²) in [5.74, 6) is -0.918. The number of hydrogen-bond donors (Lipinski definition) is 2. The van der Waals surface area contributed by atoms with Crippen molar-refractivity contribution in [2.45, 2.75) is 6.04 Å². The fraction of sp³-hybridized carbons (Fsp3) is 0.400. The molecule has 9 heteroatoms. The third-order valence-electron chi connectivity index (χ3n) is 2.76. The summed E-state index contributed by atoms with van der Waals surface area (Å²) in [6, 6.07) is 1.94. The number of piperazine rings is 1. The highest BCUT2D eigenvalue weighted by Crippen LogP contribution is 2.26. The minimum Gasteiger partial charge on any atom is -0.480 e. The van der Waals surface area contributed by atoms with Gasteiger partial charge in [0.2, 0.25) is 5.82 Å². The third kappa shape index (κ3) is 3.09. The normalized spacial score (nSPS) is 18.5.